The van der Waals surface area contributed by atoms with Gasteiger partial charge in [0.05, 0.1) is 4.92 Å². The molecule has 0 unspecified atom stereocenters. The van der Waals surface area contributed by atoms with Crippen LogP contribution >= 0.6 is 0 Å². The van der Waals surface area contributed by atoms with E-state index in [1.807, 2.05) is 0 Å². The predicted molar refractivity (Wildman–Crippen MR) is 73.3 cm³/mol. The fourth-order valence-corrected chi connectivity index (χ4v) is 2.61. The van der Waals surface area contributed by atoms with E-state index in [1.54, 1.807) is 0 Å². The largest absolute Gasteiger partial charge is 0.423 e. The van der Waals surface area contributed by atoms with Crippen molar-refractivity contribution in [1.82, 2.24) is 0 Å². The standard InChI is InChI=1S/C14H15F3N2O3/c15-14(16,17)11-8-10(6-7-12(11)19(21)22)18-13(20)9-4-2-1-3-5-9/h6-9H,1-5H2,(H,18,20). The maximum atomic E-state index is 12.9. The molecule has 0 aliphatic heterocycles. The highest BCUT2D eigenvalue weighted by Gasteiger charge is 2.38. The number of amides is 1. The molecule has 0 aromatic heterocycles. The lowest BCUT2D eigenvalue weighted by Gasteiger charge is -2.21. The summed E-state index contributed by atoms with van der Waals surface area (Å²) in [5.74, 6) is -0.542. The molecule has 5 nitrogen and oxygen atoms in total. The van der Waals surface area contributed by atoms with Gasteiger partial charge in [0.15, 0.2) is 0 Å². The molecule has 2 rings (SSSR count). The van der Waals surface area contributed by atoms with Gasteiger partial charge in [-0.25, -0.2) is 0 Å². The van der Waals surface area contributed by atoms with Gasteiger partial charge in [0.1, 0.15) is 5.56 Å². The number of halogens is 3. The zero-order chi connectivity index (χ0) is 16.3. The van der Waals surface area contributed by atoms with E-state index in [4.69, 9.17) is 0 Å². The van der Waals surface area contributed by atoms with E-state index < -0.39 is 22.4 Å². The van der Waals surface area contributed by atoms with Crippen molar-refractivity contribution >= 4 is 17.3 Å². The van der Waals surface area contributed by atoms with Crippen LogP contribution in [-0.2, 0) is 11.0 Å². The highest BCUT2D eigenvalue weighted by atomic mass is 19.4. The maximum Gasteiger partial charge on any atom is 0.423 e. The number of carbonyl (C=O) groups excluding carboxylic acids is 1. The van der Waals surface area contributed by atoms with Crippen LogP contribution in [0.25, 0.3) is 0 Å². The number of nitrogens with one attached hydrogen (secondary N) is 1. The molecule has 0 heterocycles. The molecule has 8 heteroatoms. The summed E-state index contributed by atoms with van der Waals surface area (Å²) in [6.45, 7) is 0. The van der Waals surface area contributed by atoms with Crippen LogP contribution in [0.1, 0.15) is 37.7 Å². The molecule has 0 radical (unpaired) electrons. The first-order valence-electron chi connectivity index (χ1n) is 6.95. The number of nitrogens with zero attached hydrogens (tertiary/aromatic N) is 1. The lowest BCUT2D eigenvalue weighted by molar-refractivity contribution is -0.388. The summed E-state index contributed by atoms with van der Waals surface area (Å²) in [6, 6.07) is 2.49. The van der Waals surface area contributed by atoms with Gasteiger partial charge in [-0.05, 0) is 25.0 Å². The second-order valence-electron chi connectivity index (χ2n) is 5.31. The number of nitro groups is 1. The minimum absolute atomic E-state index is 0.0755. The molecule has 1 amide bonds. The van der Waals surface area contributed by atoms with Crippen LogP contribution < -0.4 is 5.32 Å². The number of anilines is 1. The van der Waals surface area contributed by atoms with E-state index >= 15 is 0 Å². The molecule has 1 aliphatic carbocycles. The lowest BCUT2D eigenvalue weighted by Crippen LogP contribution is -2.25. The molecular formula is C14H15F3N2O3. The van der Waals surface area contributed by atoms with Crippen LogP contribution in [0.15, 0.2) is 18.2 Å². The lowest BCUT2D eigenvalue weighted by atomic mass is 9.88. The molecule has 120 valence electrons. The zero-order valence-electron chi connectivity index (χ0n) is 11.7. The van der Waals surface area contributed by atoms with Gasteiger partial charge in [-0.2, -0.15) is 13.2 Å². The third kappa shape index (κ3) is 3.75. The quantitative estimate of drug-likeness (QED) is 0.673. The van der Waals surface area contributed by atoms with E-state index in [0.29, 0.717) is 18.9 Å². The van der Waals surface area contributed by atoms with Gasteiger partial charge >= 0.3 is 6.18 Å². The normalized spacial score (nSPS) is 16.3. The Morgan fingerprint density at radius 2 is 1.86 bits per heavy atom. The van der Waals surface area contributed by atoms with Crippen molar-refractivity contribution in [2.45, 2.75) is 38.3 Å². The highest BCUT2D eigenvalue weighted by molar-refractivity contribution is 5.92. The molecule has 0 spiro atoms. The van der Waals surface area contributed by atoms with Crippen LogP contribution in [0.4, 0.5) is 24.5 Å². The van der Waals surface area contributed by atoms with Gasteiger partial charge in [0.25, 0.3) is 5.69 Å². The maximum absolute atomic E-state index is 12.9. The van der Waals surface area contributed by atoms with Gasteiger partial charge in [-0.1, -0.05) is 19.3 Å². The molecular weight excluding hydrogens is 301 g/mol. The van der Waals surface area contributed by atoms with Crippen molar-refractivity contribution in [3.8, 4) is 0 Å². The first-order chi connectivity index (χ1) is 10.3. The van der Waals surface area contributed by atoms with Crippen LogP contribution in [0.3, 0.4) is 0 Å². The molecule has 22 heavy (non-hydrogen) atoms. The molecule has 1 saturated carbocycles. The Morgan fingerprint density at radius 1 is 1.23 bits per heavy atom. The van der Waals surface area contributed by atoms with Gasteiger partial charge in [-0.15, -0.1) is 0 Å². The summed E-state index contributed by atoms with van der Waals surface area (Å²) in [5.41, 5.74) is -2.46. The number of rotatable bonds is 3. The Morgan fingerprint density at radius 3 is 2.41 bits per heavy atom. The van der Waals surface area contributed by atoms with Crippen molar-refractivity contribution in [2.75, 3.05) is 5.32 Å². The Kier molecular flexibility index (Phi) is 4.68. The summed E-state index contributed by atoms with van der Waals surface area (Å²) in [5, 5.41) is 13.1. The van der Waals surface area contributed by atoms with Crippen LogP contribution in [0.2, 0.25) is 0 Å². The Labute approximate surface area is 124 Å². The monoisotopic (exact) mass is 316 g/mol. The topological polar surface area (TPSA) is 72.2 Å². The highest BCUT2D eigenvalue weighted by Crippen LogP contribution is 2.37. The smallest absolute Gasteiger partial charge is 0.326 e. The van der Waals surface area contributed by atoms with Crippen LogP contribution in [-0.4, -0.2) is 10.8 Å². The van der Waals surface area contributed by atoms with E-state index in [1.165, 1.54) is 0 Å². The first-order valence-corrected chi connectivity index (χ1v) is 6.95. The summed E-state index contributed by atoms with van der Waals surface area (Å²) < 4.78 is 38.6. The molecule has 0 saturated heterocycles. The minimum Gasteiger partial charge on any atom is -0.326 e. The summed E-state index contributed by atoms with van der Waals surface area (Å²) in [6.07, 6.45) is -0.526. The molecule has 1 aromatic carbocycles. The number of alkyl halides is 3. The number of carbonyl (C=O) groups is 1. The molecule has 1 fully saturated rings. The molecule has 0 atom stereocenters. The Bertz CT molecular complexity index is 581. The van der Waals surface area contributed by atoms with Crippen molar-refractivity contribution in [3.63, 3.8) is 0 Å². The zero-order valence-corrected chi connectivity index (χ0v) is 11.7. The molecule has 1 aromatic rings. The average molecular weight is 316 g/mol. The van der Waals surface area contributed by atoms with Crippen molar-refractivity contribution in [2.24, 2.45) is 5.92 Å². The number of hydrogen-bond donors (Lipinski definition) is 1. The molecule has 1 N–H and O–H groups in total. The predicted octanol–water partition coefficient (Wildman–Crippen LogP) is 4.13. The number of nitro benzene ring substituents is 1. The summed E-state index contributed by atoms with van der Waals surface area (Å²) in [4.78, 5) is 21.6. The van der Waals surface area contributed by atoms with Gasteiger partial charge in [-0.3, -0.25) is 14.9 Å². The average Bonchev–Trinajstić information content (AvgIpc) is 2.47. The fourth-order valence-electron chi connectivity index (χ4n) is 2.61. The van der Waals surface area contributed by atoms with Crippen molar-refractivity contribution < 1.29 is 22.9 Å². The van der Waals surface area contributed by atoms with Crippen LogP contribution in [0, 0.1) is 16.0 Å². The Balaban J connectivity index is 2.21. The third-order valence-corrected chi connectivity index (χ3v) is 3.74. The summed E-state index contributed by atoms with van der Waals surface area (Å²) in [7, 11) is 0. The van der Waals surface area contributed by atoms with E-state index in [9.17, 15) is 28.1 Å². The van der Waals surface area contributed by atoms with Crippen molar-refractivity contribution in [1.29, 1.82) is 0 Å². The van der Waals surface area contributed by atoms with E-state index in [-0.39, 0.29) is 17.5 Å². The van der Waals surface area contributed by atoms with Crippen LogP contribution in [0.5, 0.6) is 0 Å². The third-order valence-electron chi connectivity index (χ3n) is 3.74. The molecule has 0 bridgehead atoms. The number of benzene rings is 1. The first kappa shape index (κ1) is 16.3. The van der Waals surface area contributed by atoms with Gasteiger partial charge in [0, 0.05) is 17.7 Å². The fraction of sp³-hybridized carbons (Fsp3) is 0.500. The second kappa shape index (κ2) is 6.33. The number of hydrogen-bond acceptors (Lipinski definition) is 3. The van der Waals surface area contributed by atoms with Crippen molar-refractivity contribution in [3.05, 3.63) is 33.9 Å². The second-order valence-corrected chi connectivity index (χ2v) is 5.31. The summed E-state index contributed by atoms with van der Waals surface area (Å²) >= 11 is 0. The van der Waals surface area contributed by atoms with E-state index in [0.717, 1.165) is 31.4 Å². The molecule has 1 aliphatic rings. The van der Waals surface area contributed by atoms with Gasteiger partial charge in [0.2, 0.25) is 5.91 Å². The van der Waals surface area contributed by atoms with Gasteiger partial charge < -0.3 is 5.32 Å². The SMILES string of the molecule is O=C(Nc1ccc([N+](=O)[O-])c(C(F)(F)F)c1)C1CCCCC1. The Hall–Kier alpha value is -2.12. The minimum atomic E-state index is -4.85. The van der Waals surface area contributed by atoms with E-state index in [2.05, 4.69) is 5.32 Å².